The monoisotopic (exact) mass is 277 g/mol. The molecule has 2 aromatic rings. The molecule has 1 aromatic carbocycles. The van der Waals surface area contributed by atoms with Crippen molar-refractivity contribution < 1.29 is 9.50 Å². The van der Waals surface area contributed by atoms with Crippen molar-refractivity contribution in [3.8, 4) is 0 Å². The Morgan fingerprint density at radius 2 is 2.05 bits per heavy atom. The maximum absolute atomic E-state index is 14.0. The van der Waals surface area contributed by atoms with E-state index >= 15 is 0 Å². The zero-order valence-electron chi connectivity index (χ0n) is 11.4. The van der Waals surface area contributed by atoms with E-state index in [9.17, 15) is 4.39 Å². The number of aliphatic hydroxyl groups excluding tert-OH is 1. The van der Waals surface area contributed by atoms with Crippen LogP contribution in [0.15, 0.2) is 24.4 Å². The van der Waals surface area contributed by atoms with Crippen LogP contribution in [-0.4, -0.2) is 23.2 Å². The number of pyridine rings is 1. The lowest BCUT2D eigenvalue weighted by Gasteiger charge is -2.11. The van der Waals surface area contributed by atoms with E-state index in [1.807, 2.05) is 6.07 Å². The van der Waals surface area contributed by atoms with Gasteiger partial charge in [0.1, 0.15) is 0 Å². The molecule has 1 heterocycles. The molecule has 1 aromatic heterocycles. The summed E-state index contributed by atoms with van der Waals surface area (Å²) in [5.41, 5.74) is 7.19. The summed E-state index contributed by atoms with van der Waals surface area (Å²) in [6.07, 6.45) is 5.38. The molecule has 2 rings (SSSR count). The number of nitrogen functional groups attached to an aromatic ring is 1. The highest BCUT2D eigenvalue weighted by Gasteiger charge is 2.11. The average molecular weight is 277 g/mol. The maximum Gasteiger partial charge on any atom is 0.150 e. The van der Waals surface area contributed by atoms with E-state index < -0.39 is 0 Å². The van der Waals surface area contributed by atoms with E-state index in [4.69, 9.17) is 10.8 Å². The first-order valence-electron chi connectivity index (χ1n) is 6.91. The summed E-state index contributed by atoms with van der Waals surface area (Å²) < 4.78 is 14.0. The van der Waals surface area contributed by atoms with Crippen molar-refractivity contribution in [1.82, 2.24) is 4.98 Å². The lowest BCUT2D eigenvalue weighted by atomic mass is 10.1. The van der Waals surface area contributed by atoms with E-state index in [1.165, 1.54) is 6.07 Å². The van der Waals surface area contributed by atoms with Gasteiger partial charge in [-0.2, -0.15) is 0 Å². The lowest BCUT2D eigenvalue weighted by Crippen LogP contribution is -2.06. The Hall–Kier alpha value is -1.88. The second-order valence-corrected chi connectivity index (χ2v) is 4.79. The summed E-state index contributed by atoms with van der Waals surface area (Å²) >= 11 is 0. The number of aliphatic hydroxyl groups is 1. The third-order valence-electron chi connectivity index (χ3n) is 3.26. The molecule has 0 bridgehead atoms. The number of anilines is 2. The SMILES string of the molecule is Nc1cc(F)c(NCCCCCCO)c2ncccc12. The number of benzene rings is 1. The maximum atomic E-state index is 14.0. The van der Waals surface area contributed by atoms with Gasteiger partial charge in [0.15, 0.2) is 5.82 Å². The van der Waals surface area contributed by atoms with Gasteiger partial charge in [0.2, 0.25) is 0 Å². The van der Waals surface area contributed by atoms with Crippen molar-refractivity contribution in [2.75, 3.05) is 24.2 Å². The highest BCUT2D eigenvalue weighted by molar-refractivity contribution is 5.98. The van der Waals surface area contributed by atoms with E-state index in [2.05, 4.69) is 10.3 Å². The zero-order chi connectivity index (χ0) is 14.4. The molecule has 0 atom stereocenters. The molecule has 0 spiro atoms. The molecule has 4 nitrogen and oxygen atoms in total. The molecule has 0 saturated carbocycles. The summed E-state index contributed by atoms with van der Waals surface area (Å²) in [6, 6.07) is 4.96. The standard InChI is InChI=1S/C15H20FN3O/c16-12-10-13(17)11-6-5-8-18-14(11)15(12)19-7-3-1-2-4-9-20/h5-6,8,10,19-20H,1-4,7,9,17H2. The fourth-order valence-electron chi connectivity index (χ4n) is 2.21. The Morgan fingerprint density at radius 3 is 2.85 bits per heavy atom. The summed E-state index contributed by atoms with van der Waals surface area (Å²) in [6.45, 7) is 0.909. The topological polar surface area (TPSA) is 71.2 Å². The smallest absolute Gasteiger partial charge is 0.150 e. The Balaban J connectivity index is 2.06. The first-order valence-corrected chi connectivity index (χ1v) is 6.91. The third-order valence-corrected chi connectivity index (χ3v) is 3.26. The minimum absolute atomic E-state index is 0.231. The van der Waals surface area contributed by atoms with E-state index in [1.54, 1.807) is 12.3 Å². The molecular weight excluding hydrogens is 257 g/mol. The van der Waals surface area contributed by atoms with Crippen LogP contribution in [0.5, 0.6) is 0 Å². The number of hydrogen-bond donors (Lipinski definition) is 3. The van der Waals surface area contributed by atoms with Crippen LogP contribution in [-0.2, 0) is 0 Å². The second kappa shape index (κ2) is 7.05. The first-order chi connectivity index (χ1) is 9.74. The first kappa shape index (κ1) is 14.5. The summed E-state index contributed by atoms with van der Waals surface area (Å²) in [7, 11) is 0. The van der Waals surface area contributed by atoms with Gasteiger partial charge in [-0.05, 0) is 31.0 Å². The molecule has 0 aliphatic heterocycles. The number of halogens is 1. The van der Waals surface area contributed by atoms with Gasteiger partial charge in [-0.15, -0.1) is 0 Å². The predicted octanol–water partition coefficient (Wildman–Crippen LogP) is 2.92. The third kappa shape index (κ3) is 3.36. The Morgan fingerprint density at radius 1 is 1.25 bits per heavy atom. The Bertz CT molecular complexity index is 574. The number of unbranched alkanes of at least 4 members (excludes halogenated alkanes) is 3. The van der Waals surface area contributed by atoms with Crippen LogP contribution >= 0.6 is 0 Å². The van der Waals surface area contributed by atoms with Crippen LogP contribution in [0.4, 0.5) is 15.8 Å². The Kier molecular flexibility index (Phi) is 5.12. The lowest BCUT2D eigenvalue weighted by molar-refractivity contribution is 0.283. The van der Waals surface area contributed by atoms with Gasteiger partial charge in [0.25, 0.3) is 0 Å². The number of hydrogen-bond acceptors (Lipinski definition) is 4. The van der Waals surface area contributed by atoms with Gasteiger partial charge in [0, 0.05) is 30.4 Å². The summed E-state index contributed by atoms with van der Waals surface area (Å²) in [5, 5.41) is 12.6. The van der Waals surface area contributed by atoms with Crippen LogP contribution in [0.2, 0.25) is 0 Å². The van der Waals surface area contributed by atoms with Crippen molar-refractivity contribution in [2.24, 2.45) is 0 Å². The summed E-state index contributed by atoms with van der Waals surface area (Å²) in [4.78, 5) is 4.22. The average Bonchev–Trinajstić information content (AvgIpc) is 2.45. The fraction of sp³-hybridized carbons (Fsp3) is 0.400. The quantitative estimate of drug-likeness (QED) is 0.537. The predicted molar refractivity (Wildman–Crippen MR) is 80.2 cm³/mol. The van der Waals surface area contributed by atoms with Crippen molar-refractivity contribution in [2.45, 2.75) is 25.7 Å². The van der Waals surface area contributed by atoms with Gasteiger partial charge >= 0.3 is 0 Å². The second-order valence-electron chi connectivity index (χ2n) is 4.79. The minimum Gasteiger partial charge on any atom is -0.398 e. The van der Waals surface area contributed by atoms with Crippen LogP contribution in [0.1, 0.15) is 25.7 Å². The largest absolute Gasteiger partial charge is 0.398 e. The molecule has 5 heteroatoms. The number of fused-ring (bicyclic) bond motifs is 1. The van der Waals surface area contributed by atoms with Crippen LogP contribution in [0, 0.1) is 5.82 Å². The van der Waals surface area contributed by atoms with E-state index in [0.29, 0.717) is 23.4 Å². The molecule has 0 fully saturated rings. The molecule has 0 amide bonds. The van der Waals surface area contributed by atoms with Crippen LogP contribution in [0.3, 0.4) is 0 Å². The molecule has 0 aliphatic carbocycles. The molecule has 0 aliphatic rings. The van der Waals surface area contributed by atoms with Crippen LogP contribution in [0.25, 0.3) is 10.9 Å². The van der Waals surface area contributed by atoms with Crippen molar-refractivity contribution >= 4 is 22.3 Å². The highest BCUT2D eigenvalue weighted by atomic mass is 19.1. The minimum atomic E-state index is -0.371. The Labute approximate surface area is 117 Å². The van der Waals surface area contributed by atoms with Gasteiger partial charge in [-0.25, -0.2) is 4.39 Å². The molecule has 4 N–H and O–H groups in total. The molecule has 0 saturated heterocycles. The van der Waals surface area contributed by atoms with Gasteiger partial charge in [0.05, 0.1) is 11.2 Å². The summed E-state index contributed by atoms with van der Waals surface area (Å²) in [5.74, 6) is -0.371. The van der Waals surface area contributed by atoms with E-state index in [-0.39, 0.29) is 12.4 Å². The van der Waals surface area contributed by atoms with Crippen molar-refractivity contribution in [1.29, 1.82) is 0 Å². The number of nitrogens with two attached hydrogens (primary N) is 1. The highest BCUT2D eigenvalue weighted by Crippen LogP contribution is 2.29. The van der Waals surface area contributed by atoms with Crippen molar-refractivity contribution in [3.05, 3.63) is 30.2 Å². The van der Waals surface area contributed by atoms with Gasteiger partial charge in [-0.3, -0.25) is 4.98 Å². The van der Waals surface area contributed by atoms with E-state index in [0.717, 1.165) is 31.1 Å². The van der Waals surface area contributed by atoms with Gasteiger partial charge < -0.3 is 16.2 Å². The molecule has 20 heavy (non-hydrogen) atoms. The zero-order valence-corrected chi connectivity index (χ0v) is 11.4. The number of nitrogens with one attached hydrogen (secondary N) is 1. The normalized spacial score (nSPS) is 10.9. The number of rotatable bonds is 7. The van der Waals surface area contributed by atoms with Crippen molar-refractivity contribution in [3.63, 3.8) is 0 Å². The van der Waals surface area contributed by atoms with Crippen LogP contribution < -0.4 is 11.1 Å². The molecule has 0 unspecified atom stereocenters. The molecule has 108 valence electrons. The fourth-order valence-corrected chi connectivity index (χ4v) is 2.21. The molecule has 0 radical (unpaired) electrons. The molecular formula is C15H20FN3O. The number of aromatic nitrogens is 1. The number of nitrogens with zero attached hydrogens (tertiary/aromatic N) is 1. The van der Waals surface area contributed by atoms with Gasteiger partial charge in [-0.1, -0.05) is 12.8 Å².